The van der Waals surface area contributed by atoms with E-state index < -0.39 is 10.1 Å². The molecule has 0 aliphatic rings. The van der Waals surface area contributed by atoms with Crippen molar-refractivity contribution >= 4 is 10.1 Å². The van der Waals surface area contributed by atoms with E-state index in [0.717, 1.165) is 37.2 Å². The normalized spacial score (nSPS) is 11.9. The molecule has 6 heteroatoms. The minimum Gasteiger partial charge on any atom is -0.466 e. The Hall–Kier alpha value is -1.53. The smallest absolute Gasteiger partial charge is 0.328 e. The van der Waals surface area contributed by atoms with Gasteiger partial charge in [0.2, 0.25) is 5.09 Å². The fourth-order valence-corrected chi connectivity index (χ4v) is 3.19. The zero-order valence-electron chi connectivity index (χ0n) is 14.2. The maximum absolute atomic E-state index is 10.9. The largest absolute Gasteiger partial charge is 0.466 e. The van der Waals surface area contributed by atoms with Crippen molar-refractivity contribution in [2.75, 3.05) is 0 Å². The number of unbranched alkanes of at least 4 members (excludes halogenated alkanes) is 6. The Kier molecular flexibility index (Phi) is 7.12. The standard InChI is InChI=1S/C18H26O5S/c1-15-11-12-16(22-15)9-7-5-3-2-4-6-8-10-17-13-14-18(23-17)24(19,20)21/h11-14H,2-10H2,1H3,(H,19,20,21). The van der Waals surface area contributed by atoms with Crippen LogP contribution in [0.1, 0.15) is 62.2 Å². The fourth-order valence-electron chi connectivity index (χ4n) is 2.73. The van der Waals surface area contributed by atoms with Crippen LogP contribution in [-0.4, -0.2) is 13.0 Å². The van der Waals surface area contributed by atoms with E-state index in [-0.39, 0.29) is 5.09 Å². The van der Waals surface area contributed by atoms with Crippen molar-refractivity contribution in [3.05, 3.63) is 41.5 Å². The molecule has 0 radical (unpaired) electrons. The van der Waals surface area contributed by atoms with Crippen LogP contribution in [0, 0.1) is 6.92 Å². The van der Waals surface area contributed by atoms with Crippen molar-refractivity contribution in [3.8, 4) is 0 Å². The highest BCUT2D eigenvalue weighted by Crippen LogP contribution is 2.17. The van der Waals surface area contributed by atoms with Gasteiger partial charge in [-0.05, 0) is 44.0 Å². The van der Waals surface area contributed by atoms with Crippen LogP contribution in [0.25, 0.3) is 0 Å². The number of aryl methyl sites for hydroxylation is 3. The molecule has 0 fully saturated rings. The Bertz CT molecular complexity index is 711. The van der Waals surface area contributed by atoms with Gasteiger partial charge in [0.05, 0.1) is 0 Å². The molecule has 0 spiro atoms. The second-order valence-electron chi connectivity index (χ2n) is 6.18. The van der Waals surface area contributed by atoms with E-state index >= 15 is 0 Å². The second-order valence-corrected chi connectivity index (χ2v) is 7.54. The van der Waals surface area contributed by atoms with Gasteiger partial charge in [0.15, 0.2) is 0 Å². The van der Waals surface area contributed by atoms with Gasteiger partial charge in [-0.15, -0.1) is 0 Å². The molecule has 0 bridgehead atoms. The summed E-state index contributed by atoms with van der Waals surface area (Å²) in [6.45, 7) is 1.97. The van der Waals surface area contributed by atoms with E-state index in [4.69, 9.17) is 13.4 Å². The minimum atomic E-state index is -4.22. The molecule has 2 rings (SSSR count). The lowest BCUT2D eigenvalue weighted by Crippen LogP contribution is -1.94. The lowest BCUT2D eigenvalue weighted by atomic mass is 10.1. The molecule has 0 unspecified atom stereocenters. The summed E-state index contributed by atoms with van der Waals surface area (Å²) in [4.78, 5) is 0. The Morgan fingerprint density at radius 2 is 1.29 bits per heavy atom. The van der Waals surface area contributed by atoms with E-state index in [2.05, 4.69) is 6.07 Å². The lowest BCUT2D eigenvalue weighted by Gasteiger charge is -2.01. The first-order chi connectivity index (χ1) is 11.4. The molecule has 0 saturated heterocycles. The van der Waals surface area contributed by atoms with Crippen LogP contribution in [0.2, 0.25) is 0 Å². The third kappa shape index (κ3) is 6.53. The number of hydrogen-bond donors (Lipinski definition) is 1. The topological polar surface area (TPSA) is 80.7 Å². The quantitative estimate of drug-likeness (QED) is 0.456. The molecule has 2 aromatic heterocycles. The van der Waals surface area contributed by atoms with Gasteiger partial charge in [-0.25, -0.2) is 0 Å². The lowest BCUT2D eigenvalue weighted by molar-refractivity contribution is 0.381. The highest BCUT2D eigenvalue weighted by molar-refractivity contribution is 7.85. The third-order valence-electron chi connectivity index (χ3n) is 4.03. The van der Waals surface area contributed by atoms with Crippen molar-refractivity contribution in [1.82, 2.24) is 0 Å². The summed E-state index contributed by atoms with van der Waals surface area (Å²) in [6.07, 6.45) is 9.78. The van der Waals surface area contributed by atoms with E-state index in [0.29, 0.717) is 12.2 Å². The summed E-state index contributed by atoms with van der Waals surface area (Å²) in [7, 11) is -4.22. The maximum Gasteiger partial charge on any atom is 0.328 e. The summed E-state index contributed by atoms with van der Waals surface area (Å²) < 4.78 is 41.3. The van der Waals surface area contributed by atoms with E-state index in [1.165, 1.54) is 31.7 Å². The van der Waals surface area contributed by atoms with Crippen molar-refractivity contribution in [2.24, 2.45) is 0 Å². The summed E-state index contributed by atoms with van der Waals surface area (Å²) in [5.74, 6) is 2.66. The van der Waals surface area contributed by atoms with Gasteiger partial charge in [0.1, 0.15) is 17.3 Å². The Morgan fingerprint density at radius 3 is 1.75 bits per heavy atom. The second kappa shape index (κ2) is 9.08. The number of hydrogen-bond acceptors (Lipinski definition) is 4. The molecule has 0 aliphatic heterocycles. The van der Waals surface area contributed by atoms with Crippen LogP contribution in [0.15, 0.2) is 38.2 Å². The first-order valence-electron chi connectivity index (χ1n) is 8.57. The molecule has 0 atom stereocenters. The van der Waals surface area contributed by atoms with Gasteiger partial charge in [0, 0.05) is 12.8 Å². The summed E-state index contributed by atoms with van der Waals surface area (Å²) >= 11 is 0. The molecular formula is C18H26O5S. The first kappa shape index (κ1) is 18.8. The first-order valence-corrected chi connectivity index (χ1v) is 10.0. The fraction of sp³-hybridized carbons (Fsp3) is 0.556. The van der Waals surface area contributed by atoms with E-state index in [9.17, 15) is 8.42 Å². The SMILES string of the molecule is Cc1ccc(CCCCCCCCCc2ccc(S(=O)(=O)O)o2)o1. The summed E-state index contributed by atoms with van der Waals surface area (Å²) in [6, 6.07) is 6.97. The predicted molar refractivity (Wildman–Crippen MR) is 91.7 cm³/mol. The molecular weight excluding hydrogens is 328 g/mol. The molecule has 5 nitrogen and oxygen atoms in total. The molecule has 0 aromatic carbocycles. The van der Waals surface area contributed by atoms with Crippen LogP contribution in [0.4, 0.5) is 0 Å². The molecule has 2 heterocycles. The Morgan fingerprint density at radius 1 is 0.792 bits per heavy atom. The average Bonchev–Trinajstić information content (AvgIpc) is 3.14. The Balaban J connectivity index is 1.47. The molecule has 0 saturated carbocycles. The molecule has 1 N–H and O–H groups in total. The third-order valence-corrected chi connectivity index (χ3v) is 4.76. The van der Waals surface area contributed by atoms with Crippen molar-refractivity contribution in [2.45, 2.75) is 69.8 Å². The maximum atomic E-state index is 10.9. The number of rotatable bonds is 11. The molecule has 0 aliphatic carbocycles. The van der Waals surface area contributed by atoms with Gasteiger partial charge < -0.3 is 8.83 Å². The molecule has 24 heavy (non-hydrogen) atoms. The summed E-state index contributed by atoms with van der Waals surface area (Å²) in [5, 5.41) is -0.371. The zero-order valence-corrected chi connectivity index (χ0v) is 15.0. The van der Waals surface area contributed by atoms with Crippen molar-refractivity contribution in [1.29, 1.82) is 0 Å². The molecule has 0 amide bonds. The van der Waals surface area contributed by atoms with Gasteiger partial charge in [0.25, 0.3) is 0 Å². The van der Waals surface area contributed by atoms with Crippen LogP contribution in [-0.2, 0) is 23.0 Å². The molecule has 2 aromatic rings. The Labute approximate surface area is 143 Å². The van der Waals surface area contributed by atoms with Crippen LogP contribution in [0.3, 0.4) is 0 Å². The monoisotopic (exact) mass is 354 g/mol. The van der Waals surface area contributed by atoms with Crippen molar-refractivity contribution in [3.63, 3.8) is 0 Å². The average molecular weight is 354 g/mol. The van der Waals surface area contributed by atoms with Gasteiger partial charge in [-0.1, -0.05) is 32.1 Å². The highest BCUT2D eigenvalue weighted by Gasteiger charge is 2.14. The van der Waals surface area contributed by atoms with Crippen LogP contribution in [0.5, 0.6) is 0 Å². The van der Waals surface area contributed by atoms with E-state index in [1.807, 2.05) is 13.0 Å². The molecule has 134 valence electrons. The highest BCUT2D eigenvalue weighted by atomic mass is 32.2. The van der Waals surface area contributed by atoms with Gasteiger partial charge in [-0.2, -0.15) is 8.42 Å². The van der Waals surface area contributed by atoms with Gasteiger partial charge >= 0.3 is 10.1 Å². The minimum absolute atomic E-state index is 0.371. The number of furan rings is 2. The zero-order chi connectivity index (χ0) is 17.4. The predicted octanol–water partition coefficient (Wildman–Crippen LogP) is 4.94. The van der Waals surface area contributed by atoms with E-state index in [1.54, 1.807) is 6.07 Å². The summed E-state index contributed by atoms with van der Waals surface area (Å²) in [5.41, 5.74) is 0. The van der Waals surface area contributed by atoms with Crippen molar-refractivity contribution < 1.29 is 21.8 Å². The van der Waals surface area contributed by atoms with Crippen LogP contribution < -0.4 is 0 Å². The van der Waals surface area contributed by atoms with Gasteiger partial charge in [-0.3, -0.25) is 4.55 Å². The van der Waals surface area contributed by atoms with Crippen LogP contribution >= 0.6 is 0 Å².